The number of amides is 1. The molecule has 3 heterocycles. The van der Waals surface area contributed by atoms with Crippen molar-refractivity contribution in [3.63, 3.8) is 0 Å². The van der Waals surface area contributed by atoms with Gasteiger partial charge in [0.2, 0.25) is 5.91 Å². The zero-order valence-corrected chi connectivity index (χ0v) is 18.6. The van der Waals surface area contributed by atoms with E-state index in [1.165, 1.54) is 5.56 Å². The molecule has 3 aromatic rings. The van der Waals surface area contributed by atoms with Crippen molar-refractivity contribution in [2.45, 2.75) is 27.3 Å². The van der Waals surface area contributed by atoms with Gasteiger partial charge in [0.1, 0.15) is 11.3 Å². The topological polar surface area (TPSA) is 58.8 Å². The lowest BCUT2D eigenvalue weighted by molar-refractivity contribution is -0.127. The van der Waals surface area contributed by atoms with Crippen molar-refractivity contribution in [2.24, 2.45) is 0 Å². The predicted molar refractivity (Wildman–Crippen MR) is 122 cm³/mol. The Morgan fingerprint density at radius 3 is 2.58 bits per heavy atom. The summed E-state index contributed by atoms with van der Waals surface area (Å²) < 4.78 is 11.4. The quantitative estimate of drug-likeness (QED) is 0.580. The molecule has 6 nitrogen and oxygen atoms in total. The third-order valence-electron chi connectivity index (χ3n) is 6.05. The number of pyridine rings is 1. The zero-order chi connectivity index (χ0) is 22.0. The second-order valence-corrected chi connectivity index (χ2v) is 8.16. The number of fused-ring (bicyclic) bond motifs is 1. The number of carbonyl (C=O) groups is 1. The second-order valence-electron chi connectivity index (χ2n) is 8.16. The molecule has 1 aromatic carbocycles. The van der Waals surface area contributed by atoms with Gasteiger partial charge in [0.05, 0.1) is 13.4 Å². The number of hydrogen-bond donors (Lipinski definition) is 0. The number of furan rings is 1. The van der Waals surface area contributed by atoms with Crippen LogP contribution in [-0.2, 0) is 11.3 Å². The molecule has 0 bridgehead atoms. The molecule has 1 aliphatic heterocycles. The minimum atomic E-state index is 0.0461. The minimum absolute atomic E-state index is 0.0461. The summed E-state index contributed by atoms with van der Waals surface area (Å²) in [4.78, 5) is 21.3. The van der Waals surface area contributed by atoms with Gasteiger partial charge in [0, 0.05) is 67.7 Å². The van der Waals surface area contributed by atoms with Gasteiger partial charge >= 0.3 is 0 Å². The van der Waals surface area contributed by atoms with Crippen molar-refractivity contribution >= 4 is 22.4 Å². The number of aryl methyl sites for hydroxylation is 2. The van der Waals surface area contributed by atoms with E-state index in [1.807, 2.05) is 50.2 Å². The molecular weight excluding hydrogens is 390 g/mol. The molecule has 0 atom stereocenters. The van der Waals surface area contributed by atoms with Crippen LogP contribution in [0.3, 0.4) is 0 Å². The van der Waals surface area contributed by atoms with Crippen LogP contribution >= 0.6 is 0 Å². The molecule has 0 saturated carbocycles. The lowest BCUT2D eigenvalue weighted by Crippen LogP contribution is -2.47. The summed E-state index contributed by atoms with van der Waals surface area (Å²) in [5.74, 6) is 0.801. The summed E-state index contributed by atoms with van der Waals surface area (Å²) in [6.45, 7) is 10.1. The monoisotopic (exact) mass is 419 g/mol. The molecule has 0 radical (unpaired) electrons. The Labute approximate surface area is 183 Å². The van der Waals surface area contributed by atoms with E-state index >= 15 is 0 Å². The lowest BCUT2D eigenvalue weighted by Gasteiger charge is -2.34. The van der Waals surface area contributed by atoms with Gasteiger partial charge in [-0.3, -0.25) is 14.7 Å². The van der Waals surface area contributed by atoms with Crippen LogP contribution < -0.4 is 4.74 Å². The van der Waals surface area contributed by atoms with Crippen molar-refractivity contribution in [1.82, 2.24) is 14.8 Å². The molecule has 31 heavy (non-hydrogen) atoms. The number of allylic oxidation sites excluding steroid dienone is 1. The van der Waals surface area contributed by atoms with Gasteiger partial charge in [-0.15, -0.1) is 0 Å². The van der Waals surface area contributed by atoms with Crippen LogP contribution in [0.25, 0.3) is 16.5 Å². The SMILES string of the molecule is COc1c(/C(C)=C/C(=O)N2CCN(Cc3ccncc3)CC2)cc2c(C)coc2c1C. The Balaban J connectivity index is 1.48. The Morgan fingerprint density at radius 1 is 1.19 bits per heavy atom. The normalized spacial score (nSPS) is 15.5. The predicted octanol–water partition coefficient (Wildman–Crippen LogP) is 4.20. The first-order valence-corrected chi connectivity index (χ1v) is 10.6. The van der Waals surface area contributed by atoms with Crippen LogP contribution in [0.15, 0.2) is 47.3 Å². The fourth-order valence-corrected chi connectivity index (χ4v) is 4.22. The molecule has 1 fully saturated rings. The average Bonchev–Trinajstić information content (AvgIpc) is 3.15. The number of carbonyl (C=O) groups excluding carboxylic acids is 1. The Hall–Kier alpha value is -3.12. The maximum absolute atomic E-state index is 13.0. The largest absolute Gasteiger partial charge is 0.496 e. The van der Waals surface area contributed by atoms with Crippen molar-refractivity contribution in [1.29, 1.82) is 0 Å². The fourth-order valence-electron chi connectivity index (χ4n) is 4.22. The number of hydrogen-bond acceptors (Lipinski definition) is 5. The Kier molecular flexibility index (Phi) is 6.09. The number of piperazine rings is 1. The van der Waals surface area contributed by atoms with E-state index in [0.29, 0.717) is 0 Å². The number of nitrogens with zero attached hydrogens (tertiary/aromatic N) is 3. The van der Waals surface area contributed by atoms with E-state index in [2.05, 4.69) is 16.0 Å². The van der Waals surface area contributed by atoms with E-state index in [0.717, 1.165) is 71.7 Å². The molecule has 2 aromatic heterocycles. The zero-order valence-electron chi connectivity index (χ0n) is 18.6. The van der Waals surface area contributed by atoms with Crippen LogP contribution in [0.5, 0.6) is 5.75 Å². The first-order chi connectivity index (χ1) is 15.0. The average molecular weight is 420 g/mol. The molecular formula is C25H29N3O3. The van der Waals surface area contributed by atoms with E-state index < -0.39 is 0 Å². The van der Waals surface area contributed by atoms with Crippen LogP contribution in [0, 0.1) is 13.8 Å². The van der Waals surface area contributed by atoms with Gasteiger partial charge < -0.3 is 14.1 Å². The van der Waals surface area contributed by atoms with Crippen molar-refractivity contribution in [3.05, 3.63) is 65.2 Å². The van der Waals surface area contributed by atoms with Gasteiger partial charge in [-0.25, -0.2) is 0 Å². The van der Waals surface area contributed by atoms with Crippen molar-refractivity contribution < 1.29 is 13.9 Å². The highest BCUT2D eigenvalue weighted by atomic mass is 16.5. The first-order valence-electron chi connectivity index (χ1n) is 10.6. The Bertz CT molecular complexity index is 1110. The van der Waals surface area contributed by atoms with E-state index in [4.69, 9.17) is 9.15 Å². The van der Waals surface area contributed by atoms with Crippen LogP contribution in [0.4, 0.5) is 0 Å². The maximum atomic E-state index is 13.0. The number of benzene rings is 1. The Morgan fingerprint density at radius 2 is 1.90 bits per heavy atom. The van der Waals surface area contributed by atoms with Crippen molar-refractivity contribution in [3.8, 4) is 5.75 Å². The van der Waals surface area contributed by atoms with Crippen LogP contribution in [0.2, 0.25) is 0 Å². The summed E-state index contributed by atoms with van der Waals surface area (Å²) in [6.07, 6.45) is 7.13. The third kappa shape index (κ3) is 4.35. The number of ether oxygens (including phenoxy) is 1. The highest BCUT2D eigenvalue weighted by Gasteiger charge is 2.21. The molecule has 0 N–H and O–H groups in total. The number of methoxy groups -OCH3 is 1. The second kappa shape index (κ2) is 8.94. The van der Waals surface area contributed by atoms with Gasteiger partial charge in [0.25, 0.3) is 0 Å². The van der Waals surface area contributed by atoms with Crippen molar-refractivity contribution in [2.75, 3.05) is 33.3 Å². The highest BCUT2D eigenvalue weighted by Crippen LogP contribution is 2.37. The molecule has 0 aliphatic carbocycles. The summed E-state index contributed by atoms with van der Waals surface area (Å²) in [6, 6.07) is 6.14. The molecule has 0 unspecified atom stereocenters. The first kappa shape index (κ1) is 21.1. The number of aromatic nitrogens is 1. The molecule has 1 aliphatic rings. The lowest BCUT2D eigenvalue weighted by atomic mass is 9.98. The summed E-state index contributed by atoms with van der Waals surface area (Å²) >= 11 is 0. The van der Waals surface area contributed by atoms with E-state index in [-0.39, 0.29) is 5.91 Å². The molecule has 4 rings (SSSR count). The van der Waals surface area contributed by atoms with Gasteiger partial charge in [-0.2, -0.15) is 0 Å². The molecule has 1 amide bonds. The molecule has 1 saturated heterocycles. The summed E-state index contributed by atoms with van der Waals surface area (Å²) in [5.41, 5.74) is 5.94. The maximum Gasteiger partial charge on any atom is 0.246 e. The minimum Gasteiger partial charge on any atom is -0.496 e. The molecule has 6 heteroatoms. The standard InChI is InChI=1S/C25H29N3O3/c1-17(21-14-22-18(2)16-31-25(22)19(3)24(21)30-4)13-23(29)28-11-9-27(10-12-28)15-20-5-7-26-8-6-20/h5-8,13-14,16H,9-12,15H2,1-4H3/b17-13+. The molecule has 162 valence electrons. The van der Waals surface area contributed by atoms with Gasteiger partial charge in [-0.05, 0) is 55.7 Å². The van der Waals surface area contributed by atoms with E-state index in [1.54, 1.807) is 19.4 Å². The summed E-state index contributed by atoms with van der Waals surface area (Å²) in [7, 11) is 1.66. The number of rotatable bonds is 5. The van der Waals surface area contributed by atoms with Crippen LogP contribution in [0.1, 0.15) is 29.2 Å². The summed E-state index contributed by atoms with van der Waals surface area (Å²) in [5, 5.41) is 1.05. The third-order valence-corrected chi connectivity index (χ3v) is 6.05. The van der Waals surface area contributed by atoms with Crippen LogP contribution in [-0.4, -0.2) is 54.0 Å². The van der Waals surface area contributed by atoms with E-state index in [9.17, 15) is 4.79 Å². The highest BCUT2D eigenvalue weighted by molar-refractivity contribution is 5.98. The molecule has 0 spiro atoms. The smallest absolute Gasteiger partial charge is 0.246 e. The van der Waals surface area contributed by atoms with Gasteiger partial charge in [-0.1, -0.05) is 0 Å². The fraction of sp³-hybridized carbons (Fsp3) is 0.360. The van der Waals surface area contributed by atoms with Gasteiger partial charge in [0.15, 0.2) is 0 Å².